The number of likely N-dealkylation sites (tertiary alicyclic amines) is 1. The molecule has 0 aliphatic carbocycles. The first-order valence-corrected chi connectivity index (χ1v) is 9.17. The normalized spacial score (nSPS) is 18.1. The minimum Gasteiger partial charge on any atom is -0.353 e. The van der Waals surface area contributed by atoms with E-state index >= 15 is 0 Å². The van der Waals surface area contributed by atoms with Gasteiger partial charge in [-0.2, -0.15) is 5.10 Å². The first kappa shape index (κ1) is 16.4. The fourth-order valence-electron chi connectivity index (χ4n) is 3.83. The van der Waals surface area contributed by atoms with Crippen molar-refractivity contribution in [1.82, 2.24) is 19.2 Å². The van der Waals surface area contributed by atoms with Gasteiger partial charge in [0.1, 0.15) is 5.15 Å². The molecule has 0 bridgehead atoms. The number of benzene rings is 1. The Kier molecular flexibility index (Phi) is 4.40. The number of aromatic nitrogens is 3. The van der Waals surface area contributed by atoms with Gasteiger partial charge in [-0.15, -0.1) is 0 Å². The second-order valence-corrected chi connectivity index (χ2v) is 7.13. The van der Waals surface area contributed by atoms with Gasteiger partial charge in [-0.1, -0.05) is 29.8 Å². The number of para-hydroxylation sites is 1. The zero-order valence-corrected chi connectivity index (χ0v) is 15.4. The van der Waals surface area contributed by atoms with Gasteiger partial charge in [0.15, 0.2) is 0 Å². The van der Waals surface area contributed by atoms with Gasteiger partial charge in [-0.25, -0.2) is 4.68 Å². The summed E-state index contributed by atoms with van der Waals surface area (Å²) in [4.78, 5) is 2.53. The van der Waals surface area contributed by atoms with Gasteiger partial charge in [0, 0.05) is 31.0 Å². The van der Waals surface area contributed by atoms with Crippen molar-refractivity contribution < 1.29 is 0 Å². The van der Waals surface area contributed by atoms with Gasteiger partial charge in [0.25, 0.3) is 0 Å². The Hall–Kier alpha value is -2.04. The third-order valence-corrected chi connectivity index (χ3v) is 5.56. The number of aryl methyl sites for hydroxylation is 2. The molecule has 0 N–H and O–H groups in total. The van der Waals surface area contributed by atoms with Gasteiger partial charge in [-0.3, -0.25) is 4.90 Å². The van der Waals surface area contributed by atoms with Crippen LogP contribution in [0.5, 0.6) is 0 Å². The average molecular weight is 355 g/mol. The summed E-state index contributed by atoms with van der Waals surface area (Å²) in [5.41, 5.74) is 4.52. The van der Waals surface area contributed by atoms with Crippen molar-refractivity contribution >= 4 is 11.6 Å². The van der Waals surface area contributed by atoms with Crippen LogP contribution in [0.3, 0.4) is 0 Å². The maximum Gasteiger partial charge on any atom is 0.137 e. The van der Waals surface area contributed by atoms with Crippen molar-refractivity contribution in [3.8, 4) is 5.69 Å². The first-order chi connectivity index (χ1) is 12.1. The van der Waals surface area contributed by atoms with Crippen LogP contribution in [0.1, 0.15) is 35.8 Å². The Morgan fingerprint density at radius 2 is 1.96 bits per heavy atom. The van der Waals surface area contributed by atoms with E-state index in [2.05, 4.69) is 39.9 Å². The molecular weight excluding hydrogens is 332 g/mol. The summed E-state index contributed by atoms with van der Waals surface area (Å²) < 4.78 is 4.07. The molecule has 0 amide bonds. The molecule has 130 valence electrons. The minimum absolute atomic E-state index is 0.454. The fraction of sp³-hybridized carbons (Fsp3) is 0.350. The summed E-state index contributed by atoms with van der Waals surface area (Å²) in [6.07, 6.45) is 4.54. The van der Waals surface area contributed by atoms with E-state index in [9.17, 15) is 0 Å². The number of rotatable bonds is 4. The van der Waals surface area contributed by atoms with Crippen LogP contribution in [0.25, 0.3) is 5.69 Å². The van der Waals surface area contributed by atoms with Gasteiger partial charge in [-0.05, 0) is 50.6 Å². The van der Waals surface area contributed by atoms with Crippen LogP contribution in [0.2, 0.25) is 5.15 Å². The van der Waals surface area contributed by atoms with Crippen LogP contribution < -0.4 is 0 Å². The molecule has 1 atom stereocenters. The molecule has 0 saturated carbocycles. The number of hydrogen-bond acceptors (Lipinski definition) is 2. The van der Waals surface area contributed by atoms with Crippen molar-refractivity contribution in [2.75, 3.05) is 6.54 Å². The van der Waals surface area contributed by atoms with Crippen LogP contribution in [-0.2, 0) is 13.6 Å². The molecule has 2 aromatic heterocycles. The van der Waals surface area contributed by atoms with E-state index in [4.69, 9.17) is 11.6 Å². The maximum atomic E-state index is 6.72. The summed E-state index contributed by atoms with van der Waals surface area (Å²) in [5.74, 6) is 0. The molecule has 4 rings (SSSR count). The summed E-state index contributed by atoms with van der Waals surface area (Å²) >= 11 is 6.72. The fourth-order valence-corrected chi connectivity index (χ4v) is 4.16. The van der Waals surface area contributed by atoms with Crippen molar-refractivity contribution in [3.63, 3.8) is 0 Å². The van der Waals surface area contributed by atoms with E-state index < -0.39 is 0 Å². The topological polar surface area (TPSA) is 26.0 Å². The molecule has 1 aliphatic heterocycles. The number of hydrogen-bond donors (Lipinski definition) is 0. The highest BCUT2D eigenvalue weighted by molar-refractivity contribution is 6.30. The molecule has 0 radical (unpaired) electrons. The van der Waals surface area contributed by atoms with E-state index in [0.29, 0.717) is 6.04 Å². The van der Waals surface area contributed by atoms with Gasteiger partial charge < -0.3 is 4.57 Å². The first-order valence-electron chi connectivity index (χ1n) is 8.80. The molecule has 1 fully saturated rings. The second kappa shape index (κ2) is 6.70. The zero-order valence-electron chi connectivity index (χ0n) is 14.7. The van der Waals surface area contributed by atoms with Crippen molar-refractivity contribution in [3.05, 3.63) is 70.8 Å². The number of nitrogens with zero attached hydrogens (tertiary/aromatic N) is 4. The lowest BCUT2D eigenvalue weighted by Gasteiger charge is -2.25. The second-order valence-electron chi connectivity index (χ2n) is 6.77. The summed E-state index contributed by atoms with van der Waals surface area (Å²) in [6.45, 7) is 3.99. The molecule has 4 nitrogen and oxygen atoms in total. The van der Waals surface area contributed by atoms with Crippen LogP contribution in [0, 0.1) is 6.92 Å². The molecule has 0 unspecified atom stereocenters. The number of halogens is 1. The lowest BCUT2D eigenvalue weighted by Crippen LogP contribution is -2.24. The van der Waals surface area contributed by atoms with E-state index in [0.717, 1.165) is 35.2 Å². The average Bonchev–Trinajstić information content (AvgIpc) is 3.31. The Bertz CT molecular complexity index is 865. The predicted molar refractivity (Wildman–Crippen MR) is 101 cm³/mol. The van der Waals surface area contributed by atoms with Crippen LogP contribution in [0.4, 0.5) is 0 Å². The van der Waals surface area contributed by atoms with E-state index in [-0.39, 0.29) is 0 Å². The van der Waals surface area contributed by atoms with Crippen LogP contribution in [0.15, 0.2) is 48.7 Å². The summed E-state index contributed by atoms with van der Waals surface area (Å²) in [5, 5.41) is 5.40. The summed E-state index contributed by atoms with van der Waals surface area (Å²) in [6, 6.07) is 14.9. The Labute approximate surface area is 153 Å². The van der Waals surface area contributed by atoms with Crippen LogP contribution >= 0.6 is 11.6 Å². The van der Waals surface area contributed by atoms with E-state index in [1.165, 1.54) is 18.5 Å². The maximum absolute atomic E-state index is 6.72. The largest absolute Gasteiger partial charge is 0.353 e. The molecule has 1 aliphatic rings. The van der Waals surface area contributed by atoms with Gasteiger partial charge in [0.2, 0.25) is 0 Å². The smallest absolute Gasteiger partial charge is 0.137 e. The van der Waals surface area contributed by atoms with Crippen molar-refractivity contribution in [2.45, 2.75) is 32.4 Å². The highest BCUT2D eigenvalue weighted by Gasteiger charge is 2.29. The van der Waals surface area contributed by atoms with E-state index in [1.54, 1.807) is 0 Å². The minimum atomic E-state index is 0.454. The Balaban J connectivity index is 1.63. The van der Waals surface area contributed by atoms with Crippen molar-refractivity contribution in [1.29, 1.82) is 0 Å². The third kappa shape index (κ3) is 3.00. The molecule has 1 saturated heterocycles. The molecular formula is C20H23ClN4. The standard InChI is InChI=1S/C20H23ClN4/c1-15-17(20(21)25(22-15)16-8-4-3-5-9-16)14-24-13-7-11-19(24)18-10-6-12-23(18)2/h3-6,8-10,12,19H,7,11,13-14H2,1-2H3/t19-/m0/s1. The predicted octanol–water partition coefficient (Wildman–Crippen LogP) is 4.51. The molecule has 25 heavy (non-hydrogen) atoms. The zero-order chi connectivity index (χ0) is 17.4. The monoisotopic (exact) mass is 354 g/mol. The third-order valence-electron chi connectivity index (χ3n) is 5.17. The molecule has 0 spiro atoms. The Morgan fingerprint density at radius 1 is 1.16 bits per heavy atom. The molecule has 1 aromatic carbocycles. The SMILES string of the molecule is Cc1nn(-c2ccccc2)c(Cl)c1CN1CCC[C@H]1c1cccn1C. The highest BCUT2D eigenvalue weighted by Crippen LogP contribution is 2.35. The van der Waals surface area contributed by atoms with Gasteiger partial charge in [0.05, 0.1) is 17.4 Å². The molecule has 3 heterocycles. The summed E-state index contributed by atoms with van der Waals surface area (Å²) in [7, 11) is 2.12. The van der Waals surface area contributed by atoms with E-state index in [1.807, 2.05) is 41.9 Å². The van der Waals surface area contributed by atoms with Crippen LogP contribution in [-0.4, -0.2) is 25.8 Å². The molecule has 3 aromatic rings. The quantitative estimate of drug-likeness (QED) is 0.689. The van der Waals surface area contributed by atoms with Gasteiger partial charge >= 0.3 is 0 Å². The molecule has 5 heteroatoms. The Morgan fingerprint density at radius 3 is 2.68 bits per heavy atom. The lowest BCUT2D eigenvalue weighted by atomic mass is 10.1. The lowest BCUT2D eigenvalue weighted by molar-refractivity contribution is 0.240. The van der Waals surface area contributed by atoms with Crippen molar-refractivity contribution in [2.24, 2.45) is 7.05 Å². The highest BCUT2D eigenvalue weighted by atomic mass is 35.5.